The monoisotopic (exact) mass is 303 g/mol. The zero-order chi connectivity index (χ0) is 15.2. The molecule has 2 N–H and O–H groups in total. The van der Waals surface area contributed by atoms with Crippen LogP contribution in [0.1, 0.15) is 37.4 Å². The predicted octanol–water partition coefficient (Wildman–Crippen LogP) is 4.72. The second-order valence-corrected chi connectivity index (χ2v) is 5.98. The molecule has 2 aromatic rings. The second kappa shape index (κ2) is 7.48. The van der Waals surface area contributed by atoms with Crippen molar-refractivity contribution in [2.75, 3.05) is 0 Å². The van der Waals surface area contributed by atoms with Gasteiger partial charge >= 0.3 is 0 Å². The van der Waals surface area contributed by atoms with Crippen molar-refractivity contribution in [1.29, 1.82) is 0 Å². The van der Waals surface area contributed by atoms with E-state index in [0.29, 0.717) is 17.8 Å². The van der Waals surface area contributed by atoms with E-state index in [1.807, 2.05) is 24.3 Å². The second-order valence-electron chi connectivity index (χ2n) is 5.55. The topological polar surface area (TPSA) is 32.3 Å². The van der Waals surface area contributed by atoms with Gasteiger partial charge < -0.3 is 10.4 Å². The van der Waals surface area contributed by atoms with Gasteiger partial charge in [0.25, 0.3) is 0 Å². The lowest BCUT2D eigenvalue weighted by molar-refractivity contribution is 0.456. The van der Waals surface area contributed by atoms with E-state index in [0.717, 1.165) is 17.9 Å². The maximum absolute atomic E-state index is 9.28. The number of halogens is 1. The van der Waals surface area contributed by atoms with Gasteiger partial charge in [-0.15, -0.1) is 0 Å². The van der Waals surface area contributed by atoms with Crippen LogP contribution >= 0.6 is 11.6 Å². The van der Waals surface area contributed by atoms with Crippen molar-refractivity contribution < 1.29 is 5.11 Å². The van der Waals surface area contributed by atoms with Crippen molar-refractivity contribution >= 4 is 11.6 Å². The molecular formula is C18H22ClNO. The van der Waals surface area contributed by atoms with Crippen LogP contribution in [0.25, 0.3) is 0 Å². The highest BCUT2D eigenvalue weighted by molar-refractivity contribution is 6.30. The Morgan fingerprint density at radius 3 is 2.24 bits per heavy atom. The fourth-order valence-corrected chi connectivity index (χ4v) is 2.53. The Morgan fingerprint density at radius 1 is 1.00 bits per heavy atom. The van der Waals surface area contributed by atoms with Crippen LogP contribution in [0.3, 0.4) is 0 Å². The summed E-state index contributed by atoms with van der Waals surface area (Å²) in [5, 5.41) is 13.7. The van der Waals surface area contributed by atoms with Crippen molar-refractivity contribution in [3.63, 3.8) is 0 Å². The Labute approximate surface area is 131 Å². The van der Waals surface area contributed by atoms with E-state index >= 15 is 0 Å². The van der Waals surface area contributed by atoms with Crippen LogP contribution in [0.5, 0.6) is 5.75 Å². The van der Waals surface area contributed by atoms with E-state index in [4.69, 9.17) is 11.6 Å². The Bertz CT molecular complexity index is 550. The molecule has 0 aromatic heterocycles. The first-order valence-corrected chi connectivity index (χ1v) is 7.72. The van der Waals surface area contributed by atoms with Gasteiger partial charge in [-0.2, -0.15) is 0 Å². The number of nitrogens with one attached hydrogen (secondary N) is 1. The number of phenols is 1. The Balaban J connectivity index is 1.82. The lowest BCUT2D eigenvalue weighted by Gasteiger charge is -2.20. The van der Waals surface area contributed by atoms with Crippen molar-refractivity contribution in [3.05, 3.63) is 64.7 Å². The summed E-state index contributed by atoms with van der Waals surface area (Å²) >= 11 is 5.91. The van der Waals surface area contributed by atoms with Crippen LogP contribution in [0, 0.1) is 0 Å². The number of hydrogen-bond donors (Lipinski definition) is 2. The maximum atomic E-state index is 9.28. The number of aryl methyl sites for hydroxylation is 1. The van der Waals surface area contributed by atoms with Crippen LogP contribution in [0.4, 0.5) is 0 Å². The quantitative estimate of drug-likeness (QED) is 0.809. The van der Waals surface area contributed by atoms with Crippen LogP contribution < -0.4 is 5.32 Å². The minimum absolute atomic E-state index is 0.303. The number of phenolic OH excluding ortho intramolecular Hbond substituents is 1. The Kier molecular flexibility index (Phi) is 5.66. The predicted molar refractivity (Wildman–Crippen MR) is 88.9 cm³/mol. The van der Waals surface area contributed by atoms with E-state index in [9.17, 15) is 5.11 Å². The molecule has 112 valence electrons. The summed E-state index contributed by atoms with van der Waals surface area (Å²) in [6, 6.07) is 16.1. The molecule has 2 atom stereocenters. The van der Waals surface area contributed by atoms with Gasteiger partial charge in [0.05, 0.1) is 0 Å². The molecule has 0 radical (unpaired) electrons. The molecule has 2 nitrogen and oxygen atoms in total. The molecule has 0 spiro atoms. The van der Waals surface area contributed by atoms with Crippen LogP contribution in [-0.4, -0.2) is 11.1 Å². The van der Waals surface area contributed by atoms with Crippen molar-refractivity contribution in [1.82, 2.24) is 5.32 Å². The van der Waals surface area contributed by atoms with Crippen molar-refractivity contribution in [3.8, 4) is 5.75 Å². The third-order valence-corrected chi connectivity index (χ3v) is 3.96. The summed E-state index contributed by atoms with van der Waals surface area (Å²) in [4.78, 5) is 0. The molecule has 2 aromatic carbocycles. The Hall–Kier alpha value is -1.51. The number of benzene rings is 2. The van der Waals surface area contributed by atoms with Gasteiger partial charge in [0.2, 0.25) is 0 Å². The molecule has 0 saturated heterocycles. The molecule has 0 saturated carbocycles. The molecule has 21 heavy (non-hydrogen) atoms. The van der Waals surface area contributed by atoms with Gasteiger partial charge in [-0.3, -0.25) is 0 Å². The Morgan fingerprint density at radius 2 is 1.62 bits per heavy atom. The number of hydrogen-bond acceptors (Lipinski definition) is 2. The first-order chi connectivity index (χ1) is 10.0. The third kappa shape index (κ3) is 5.07. The molecule has 0 heterocycles. The lowest BCUT2D eigenvalue weighted by Crippen LogP contribution is -2.29. The summed E-state index contributed by atoms with van der Waals surface area (Å²) in [5.41, 5.74) is 2.50. The minimum Gasteiger partial charge on any atom is -0.508 e. The molecule has 2 rings (SSSR count). The van der Waals surface area contributed by atoms with E-state index in [1.54, 1.807) is 12.1 Å². The van der Waals surface area contributed by atoms with Gasteiger partial charge in [0.1, 0.15) is 5.75 Å². The van der Waals surface area contributed by atoms with Crippen LogP contribution in [0.2, 0.25) is 5.02 Å². The minimum atomic E-state index is 0.303. The molecular weight excluding hydrogens is 282 g/mol. The van der Waals surface area contributed by atoms with Gasteiger partial charge in [-0.1, -0.05) is 35.9 Å². The van der Waals surface area contributed by atoms with Gasteiger partial charge in [0.15, 0.2) is 0 Å². The fourth-order valence-electron chi connectivity index (χ4n) is 2.40. The molecule has 0 aliphatic rings. The van der Waals surface area contributed by atoms with E-state index in [2.05, 4.69) is 31.3 Å². The van der Waals surface area contributed by atoms with Crippen molar-refractivity contribution in [2.24, 2.45) is 0 Å². The summed E-state index contributed by atoms with van der Waals surface area (Å²) in [5.74, 6) is 0.321. The largest absolute Gasteiger partial charge is 0.508 e. The SMILES string of the molecule is CC(CCc1ccc(O)cc1)NC(C)c1ccc(Cl)cc1. The summed E-state index contributed by atoms with van der Waals surface area (Å²) in [6.07, 6.45) is 2.06. The first kappa shape index (κ1) is 15.9. The van der Waals surface area contributed by atoms with E-state index < -0.39 is 0 Å². The average molecular weight is 304 g/mol. The summed E-state index contributed by atoms with van der Waals surface area (Å²) in [7, 11) is 0. The standard InChI is InChI=1S/C18H22ClNO/c1-13(3-4-15-5-11-18(21)12-6-15)20-14(2)16-7-9-17(19)10-8-16/h5-14,20-21H,3-4H2,1-2H3. The molecule has 0 aliphatic carbocycles. The molecule has 2 unspecified atom stereocenters. The highest BCUT2D eigenvalue weighted by Gasteiger charge is 2.09. The smallest absolute Gasteiger partial charge is 0.115 e. The third-order valence-electron chi connectivity index (χ3n) is 3.71. The van der Waals surface area contributed by atoms with E-state index in [-0.39, 0.29) is 0 Å². The molecule has 3 heteroatoms. The number of rotatable bonds is 6. The highest BCUT2D eigenvalue weighted by atomic mass is 35.5. The highest BCUT2D eigenvalue weighted by Crippen LogP contribution is 2.18. The maximum Gasteiger partial charge on any atom is 0.115 e. The van der Waals surface area contributed by atoms with Crippen molar-refractivity contribution in [2.45, 2.75) is 38.8 Å². The van der Waals surface area contributed by atoms with E-state index in [1.165, 1.54) is 11.1 Å². The number of aromatic hydroxyl groups is 1. The average Bonchev–Trinajstić information content (AvgIpc) is 2.47. The van der Waals surface area contributed by atoms with Gasteiger partial charge in [-0.25, -0.2) is 0 Å². The zero-order valence-corrected chi connectivity index (χ0v) is 13.3. The van der Waals surface area contributed by atoms with Crippen LogP contribution in [-0.2, 0) is 6.42 Å². The van der Waals surface area contributed by atoms with Gasteiger partial charge in [0, 0.05) is 17.1 Å². The molecule has 0 bridgehead atoms. The molecule has 0 amide bonds. The zero-order valence-electron chi connectivity index (χ0n) is 12.5. The van der Waals surface area contributed by atoms with Gasteiger partial charge in [-0.05, 0) is 62.1 Å². The molecule has 0 aliphatic heterocycles. The summed E-state index contributed by atoms with van der Waals surface area (Å²) in [6.45, 7) is 4.37. The normalized spacial score (nSPS) is 13.9. The first-order valence-electron chi connectivity index (χ1n) is 7.34. The molecule has 0 fully saturated rings. The summed E-state index contributed by atoms with van der Waals surface area (Å²) < 4.78 is 0. The fraction of sp³-hybridized carbons (Fsp3) is 0.333. The van der Waals surface area contributed by atoms with Crippen LogP contribution in [0.15, 0.2) is 48.5 Å². The lowest BCUT2D eigenvalue weighted by atomic mass is 10.0.